The van der Waals surface area contributed by atoms with Crippen LogP contribution in [-0.2, 0) is 0 Å². The average molecular weight is 235 g/mol. The van der Waals surface area contributed by atoms with Crippen LogP contribution in [0.4, 0.5) is 0 Å². The van der Waals surface area contributed by atoms with Gasteiger partial charge in [0.2, 0.25) is 0 Å². The predicted molar refractivity (Wildman–Crippen MR) is 68.9 cm³/mol. The van der Waals surface area contributed by atoms with Crippen molar-refractivity contribution in [2.45, 2.75) is 19.8 Å². The normalized spacial score (nSPS) is 9.75. The molecule has 0 atom stereocenters. The first kappa shape index (κ1) is 12.9. The molecule has 0 spiro atoms. The summed E-state index contributed by atoms with van der Waals surface area (Å²) in [5, 5.41) is 8.86. The Balaban J connectivity index is 2.24. The number of hydrogen-bond acceptors (Lipinski definition) is 3. The van der Waals surface area contributed by atoms with E-state index in [1.807, 2.05) is 30.0 Å². The number of benzene rings is 1. The van der Waals surface area contributed by atoms with Gasteiger partial charge in [-0.05, 0) is 24.3 Å². The molecule has 86 valence electrons. The molecule has 1 aromatic carbocycles. The zero-order valence-corrected chi connectivity index (χ0v) is 10.4. The summed E-state index contributed by atoms with van der Waals surface area (Å²) in [5.74, 6) is 2.88. The molecule has 0 bridgehead atoms. The smallest absolute Gasteiger partial charge is 0.137 e. The Morgan fingerprint density at radius 1 is 1.31 bits per heavy atom. The highest BCUT2D eigenvalue weighted by Crippen LogP contribution is 2.16. The van der Waals surface area contributed by atoms with E-state index in [0.29, 0.717) is 17.9 Å². The second kappa shape index (κ2) is 8.06. The molecule has 0 saturated heterocycles. The highest BCUT2D eigenvalue weighted by atomic mass is 32.2. The van der Waals surface area contributed by atoms with Crippen LogP contribution in [0.25, 0.3) is 0 Å². The largest absolute Gasteiger partial charge is 0.491 e. The van der Waals surface area contributed by atoms with Gasteiger partial charge in [-0.1, -0.05) is 25.5 Å². The molecule has 0 radical (unpaired) electrons. The first-order valence-electron chi connectivity index (χ1n) is 5.58. The second-order valence-corrected chi connectivity index (χ2v) is 4.65. The molecule has 0 aliphatic heterocycles. The van der Waals surface area contributed by atoms with Gasteiger partial charge in [-0.25, -0.2) is 0 Å². The highest BCUT2D eigenvalue weighted by molar-refractivity contribution is 7.99. The van der Waals surface area contributed by atoms with Gasteiger partial charge in [-0.15, -0.1) is 0 Å². The fraction of sp³-hybridized carbons (Fsp3) is 0.462. The lowest BCUT2D eigenvalue weighted by Gasteiger charge is -2.06. The molecular weight excluding hydrogens is 218 g/mol. The fourth-order valence-corrected chi connectivity index (χ4v) is 2.14. The van der Waals surface area contributed by atoms with Crippen LogP contribution < -0.4 is 4.74 Å². The molecule has 1 rings (SSSR count). The van der Waals surface area contributed by atoms with E-state index in [0.717, 1.165) is 5.75 Å². The monoisotopic (exact) mass is 235 g/mol. The summed E-state index contributed by atoms with van der Waals surface area (Å²) in [7, 11) is 0. The third-order valence-corrected chi connectivity index (χ3v) is 3.17. The van der Waals surface area contributed by atoms with Gasteiger partial charge in [0.05, 0.1) is 12.2 Å². The molecule has 3 heteroatoms. The minimum atomic E-state index is 0.612. The van der Waals surface area contributed by atoms with E-state index in [4.69, 9.17) is 10.00 Å². The molecule has 16 heavy (non-hydrogen) atoms. The van der Waals surface area contributed by atoms with Crippen LogP contribution in [-0.4, -0.2) is 18.1 Å². The van der Waals surface area contributed by atoms with Crippen molar-refractivity contribution in [2.75, 3.05) is 18.1 Å². The Hall–Kier alpha value is -1.14. The van der Waals surface area contributed by atoms with Gasteiger partial charge in [-0.3, -0.25) is 0 Å². The summed E-state index contributed by atoms with van der Waals surface area (Å²) < 4.78 is 5.56. The Kier molecular flexibility index (Phi) is 6.52. The standard InChI is InChI=1S/C13H17NOS/c1-2-3-9-16-10-8-15-13-7-5-4-6-12(13)11-14/h4-7H,2-3,8-10H2,1H3. The van der Waals surface area contributed by atoms with Gasteiger partial charge < -0.3 is 4.74 Å². The van der Waals surface area contributed by atoms with E-state index in [-0.39, 0.29) is 0 Å². The maximum absolute atomic E-state index is 8.86. The SMILES string of the molecule is CCCCSCCOc1ccccc1C#N. The van der Waals surface area contributed by atoms with Crippen LogP contribution in [0.3, 0.4) is 0 Å². The third kappa shape index (κ3) is 4.59. The number of nitrogens with zero attached hydrogens (tertiary/aromatic N) is 1. The van der Waals surface area contributed by atoms with Gasteiger partial charge in [-0.2, -0.15) is 17.0 Å². The van der Waals surface area contributed by atoms with E-state index < -0.39 is 0 Å². The lowest BCUT2D eigenvalue weighted by molar-refractivity contribution is 0.343. The van der Waals surface area contributed by atoms with Crippen molar-refractivity contribution in [3.8, 4) is 11.8 Å². The minimum absolute atomic E-state index is 0.612. The predicted octanol–water partition coefficient (Wildman–Crippen LogP) is 3.47. The van der Waals surface area contributed by atoms with Crippen LogP contribution in [0.1, 0.15) is 25.3 Å². The Bertz CT molecular complexity index is 346. The highest BCUT2D eigenvalue weighted by Gasteiger charge is 2.00. The summed E-state index contributed by atoms with van der Waals surface area (Å²) in [6.07, 6.45) is 2.50. The summed E-state index contributed by atoms with van der Waals surface area (Å²) in [4.78, 5) is 0. The summed E-state index contributed by atoms with van der Waals surface area (Å²) in [6.45, 7) is 2.87. The summed E-state index contributed by atoms with van der Waals surface area (Å²) >= 11 is 1.90. The lowest BCUT2D eigenvalue weighted by Crippen LogP contribution is -2.02. The molecule has 0 saturated carbocycles. The number of thioether (sulfide) groups is 1. The first-order chi connectivity index (χ1) is 7.88. The van der Waals surface area contributed by atoms with Crippen LogP contribution in [0.5, 0.6) is 5.75 Å². The molecule has 0 N–H and O–H groups in total. The van der Waals surface area contributed by atoms with Crippen molar-refractivity contribution in [3.63, 3.8) is 0 Å². The number of nitriles is 1. The van der Waals surface area contributed by atoms with E-state index in [9.17, 15) is 0 Å². The molecule has 0 unspecified atom stereocenters. The van der Waals surface area contributed by atoms with Crippen molar-refractivity contribution in [1.29, 1.82) is 5.26 Å². The van der Waals surface area contributed by atoms with E-state index in [2.05, 4.69) is 13.0 Å². The third-order valence-electron chi connectivity index (χ3n) is 2.13. The topological polar surface area (TPSA) is 33.0 Å². The average Bonchev–Trinajstić information content (AvgIpc) is 2.34. The minimum Gasteiger partial charge on any atom is -0.491 e. The number of para-hydroxylation sites is 1. The van der Waals surface area contributed by atoms with Crippen LogP contribution in [0, 0.1) is 11.3 Å². The van der Waals surface area contributed by atoms with Gasteiger partial charge in [0.15, 0.2) is 0 Å². The van der Waals surface area contributed by atoms with Crippen molar-refractivity contribution in [3.05, 3.63) is 29.8 Å². The summed E-state index contributed by atoms with van der Waals surface area (Å²) in [6, 6.07) is 9.48. The van der Waals surface area contributed by atoms with Crippen molar-refractivity contribution in [1.82, 2.24) is 0 Å². The molecule has 0 aliphatic rings. The zero-order chi connectivity index (χ0) is 11.6. The molecule has 0 heterocycles. The number of unbranched alkanes of at least 4 members (excludes halogenated alkanes) is 1. The zero-order valence-electron chi connectivity index (χ0n) is 9.61. The summed E-state index contributed by atoms with van der Waals surface area (Å²) in [5.41, 5.74) is 0.612. The molecular formula is C13H17NOS. The molecule has 0 fully saturated rings. The first-order valence-corrected chi connectivity index (χ1v) is 6.73. The maximum atomic E-state index is 8.86. The van der Waals surface area contributed by atoms with Crippen molar-refractivity contribution in [2.24, 2.45) is 0 Å². The molecule has 0 amide bonds. The second-order valence-electron chi connectivity index (χ2n) is 3.42. The Morgan fingerprint density at radius 2 is 2.12 bits per heavy atom. The van der Waals surface area contributed by atoms with E-state index in [1.54, 1.807) is 6.07 Å². The maximum Gasteiger partial charge on any atom is 0.137 e. The Morgan fingerprint density at radius 3 is 2.88 bits per heavy atom. The fourth-order valence-electron chi connectivity index (χ4n) is 1.24. The molecule has 1 aromatic rings. The van der Waals surface area contributed by atoms with Crippen LogP contribution >= 0.6 is 11.8 Å². The number of ether oxygens (including phenoxy) is 1. The Labute approximate surface area is 102 Å². The number of hydrogen-bond donors (Lipinski definition) is 0. The van der Waals surface area contributed by atoms with Crippen LogP contribution in [0.15, 0.2) is 24.3 Å². The van der Waals surface area contributed by atoms with Gasteiger partial charge in [0.1, 0.15) is 11.8 Å². The van der Waals surface area contributed by atoms with Crippen LogP contribution in [0.2, 0.25) is 0 Å². The van der Waals surface area contributed by atoms with Gasteiger partial charge in [0.25, 0.3) is 0 Å². The lowest BCUT2D eigenvalue weighted by atomic mass is 10.2. The number of rotatable bonds is 7. The van der Waals surface area contributed by atoms with E-state index >= 15 is 0 Å². The van der Waals surface area contributed by atoms with Gasteiger partial charge in [0, 0.05) is 5.75 Å². The van der Waals surface area contributed by atoms with E-state index in [1.165, 1.54) is 18.6 Å². The van der Waals surface area contributed by atoms with Gasteiger partial charge >= 0.3 is 0 Å². The molecule has 0 aromatic heterocycles. The van der Waals surface area contributed by atoms with Crippen molar-refractivity contribution >= 4 is 11.8 Å². The quantitative estimate of drug-likeness (QED) is 0.678. The van der Waals surface area contributed by atoms with Crippen molar-refractivity contribution < 1.29 is 4.74 Å². The molecule has 0 aliphatic carbocycles. The molecule has 2 nitrogen and oxygen atoms in total.